The van der Waals surface area contributed by atoms with E-state index in [-0.39, 0.29) is 11.9 Å². The molecule has 0 bridgehead atoms. The van der Waals surface area contributed by atoms with Crippen LogP contribution in [0.1, 0.15) is 27.9 Å². The van der Waals surface area contributed by atoms with Crippen molar-refractivity contribution >= 4 is 11.6 Å². The minimum Gasteiger partial charge on any atom is -0.337 e. The van der Waals surface area contributed by atoms with Gasteiger partial charge in [0, 0.05) is 36.5 Å². The van der Waals surface area contributed by atoms with Crippen molar-refractivity contribution in [2.75, 3.05) is 13.1 Å². The summed E-state index contributed by atoms with van der Waals surface area (Å²) in [5.74, 6) is -0.0174. The third-order valence-corrected chi connectivity index (χ3v) is 5.99. The van der Waals surface area contributed by atoms with Gasteiger partial charge in [-0.2, -0.15) is 5.26 Å². The van der Waals surface area contributed by atoms with Gasteiger partial charge in [-0.05, 0) is 37.6 Å². The highest BCUT2D eigenvalue weighted by molar-refractivity contribution is 5.95. The van der Waals surface area contributed by atoms with E-state index in [4.69, 9.17) is 10.7 Å². The SMILES string of the molecule is Cc1ccc(-c2nc3ccc(C(=O)N4CCC(N)C4)cn3c2-c2ccc(C#N)cc2)cc1. The van der Waals surface area contributed by atoms with Crippen LogP contribution in [0.5, 0.6) is 0 Å². The van der Waals surface area contributed by atoms with Crippen LogP contribution in [0.3, 0.4) is 0 Å². The van der Waals surface area contributed by atoms with Gasteiger partial charge in [-0.1, -0.05) is 42.0 Å². The Morgan fingerprint density at radius 3 is 2.44 bits per heavy atom. The van der Waals surface area contributed by atoms with Gasteiger partial charge >= 0.3 is 0 Å². The van der Waals surface area contributed by atoms with Gasteiger partial charge in [0.2, 0.25) is 0 Å². The zero-order valence-electron chi connectivity index (χ0n) is 17.8. The van der Waals surface area contributed by atoms with Crippen LogP contribution in [0.2, 0.25) is 0 Å². The van der Waals surface area contributed by atoms with Gasteiger partial charge in [-0.15, -0.1) is 0 Å². The number of carbonyl (C=O) groups is 1. The number of carbonyl (C=O) groups excluding carboxylic acids is 1. The highest BCUT2D eigenvalue weighted by Crippen LogP contribution is 2.33. The van der Waals surface area contributed by atoms with Crippen LogP contribution in [-0.2, 0) is 0 Å². The van der Waals surface area contributed by atoms with Crippen LogP contribution in [0.15, 0.2) is 66.9 Å². The Morgan fingerprint density at radius 2 is 1.78 bits per heavy atom. The van der Waals surface area contributed by atoms with E-state index < -0.39 is 0 Å². The molecular formula is C26H23N5O. The molecule has 1 saturated heterocycles. The second kappa shape index (κ2) is 7.95. The molecule has 0 radical (unpaired) electrons. The lowest BCUT2D eigenvalue weighted by Gasteiger charge is -2.16. The average Bonchev–Trinajstić information content (AvgIpc) is 3.42. The molecule has 2 aromatic heterocycles. The Morgan fingerprint density at radius 1 is 1.06 bits per heavy atom. The Kier molecular flexibility index (Phi) is 4.96. The maximum Gasteiger partial charge on any atom is 0.255 e. The van der Waals surface area contributed by atoms with Crippen LogP contribution in [0.25, 0.3) is 28.2 Å². The fourth-order valence-electron chi connectivity index (χ4n) is 4.22. The number of nitriles is 1. The Hall–Kier alpha value is -3.95. The molecule has 158 valence electrons. The molecule has 1 unspecified atom stereocenters. The number of amides is 1. The van der Waals surface area contributed by atoms with Crippen LogP contribution in [-0.4, -0.2) is 39.3 Å². The fraction of sp³-hybridized carbons (Fsp3) is 0.192. The molecule has 1 atom stereocenters. The molecule has 3 heterocycles. The van der Waals surface area contributed by atoms with Gasteiger partial charge in [0.05, 0.1) is 28.6 Å². The van der Waals surface area contributed by atoms with Gasteiger partial charge in [-0.25, -0.2) is 4.98 Å². The Labute approximate surface area is 186 Å². The molecule has 1 fully saturated rings. The molecule has 6 nitrogen and oxygen atoms in total. The molecule has 2 aromatic carbocycles. The first-order valence-electron chi connectivity index (χ1n) is 10.7. The van der Waals surface area contributed by atoms with E-state index in [0.29, 0.717) is 24.2 Å². The van der Waals surface area contributed by atoms with Crippen molar-refractivity contribution in [2.45, 2.75) is 19.4 Å². The second-order valence-corrected chi connectivity index (χ2v) is 8.31. The third kappa shape index (κ3) is 3.53. The standard InChI is InChI=1S/C26H23N5O/c1-17-2-6-19(7-3-17)24-25(20-8-4-18(14-27)5-9-20)31-15-21(10-11-23(31)29-24)26(32)30-13-12-22(28)16-30/h2-11,15,22H,12-13,16,28H2,1H3. The normalized spacial score (nSPS) is 15.8. The Bertz CT molecular complexity index is 1350. The van der Waals surface area contributed by atoms with E-state index in [1.165, 1.54) is 5.56 Å². The van der Waals surface area contributed by atoms with Gasteiger partial charge < -0.3 is 10.6 Å². The molecule has 1 aliphatic heterocycles. The molecule has 6 heteroatoms. The minimum absolute atomic E-state index is 0.0174. The summed E-state index contributed by atoms with van der Waals surface area (Å²) in [5, 5.41) is 9.19. The van der Waals surface area contributed by atoms with Gasteiger partial charge in [0.25, 0.3) is 5.91 Å². The van der Waals surface area contributed by atoms with Crippen LogP contribution in [0, 0.1) is 18.3 Å². The summed E-state index contributed by atoms with van der Waals surface area (Å²) in [6, 6.07) is 21.6. The first-order valence-corrected chi connectivity index (χ1v) is 10.7. The fourth-order valence-corrected chi connectivity index (χ4v) is 4.22. The van der Waals surface area contributed by atoms with Crippen molar-refractivity contribution in [2.24, 2.45) is 5.73 Å². The number of aromatic nitrogens is 2. The lowest BCUT2D eigenvalue weighted by Crippen LogP contribution is -2.32. The monoisotopic (exact) mass is 421 g/mol. The van der Waals surface area contributed by atoms with E-state index in [9.17, 15) is 10.1 Å². The van der Waals surface area contributed by atoms with Crippen molar-refractivity contribution in [1.29, 1.82) is 5.26 Å². The summed E-state index contributed by atoms with van der Waals surface area (Å²) in [7, 11) is 0. The molecule has 0 saturated carbocycles. The third-order valence-electron chi connectivity index (χ3n) is 5.99. The molecule has 32 heavy (non-hydrogen) atoms. The van der Waals surface area contributed by atoms with Crippen LogP contribution in [0.4, 0.5) is 0 Å². The number of nitrogens with zero attached hydrogens (tertiary/aromatic N) is 4. The highest BCUT2D eigenvalue weighted by Gasteiger charge is 2.25. The van der Waals surface area contributed by atoms with E-state index in [1.54, 1.807) is 12.1 Å². The highest BCUT2D eigenvalue weighted by atomic mass is 16.2. The summed E-state index contributed by atoms with van der Waals surface area (Å²) in [6.07, 6.45) is 2.69. The number of aryl methyl sites for hydroxylation is 1. The number of likely N-dealkylation sites (tertiary alicyclic amines) is 1. The van der Waals surface area contributed by atoms with Crippen molar-refractivity contribution in [1.82, 2.24) is 14.3 Å². The lowest BCUT2D eigenvalue weighted by atomic mass is 10.0. The van der Waals surface area contributed by atoms with Crippen molar-refractivity contribution in [3.8, 4) is 28.6 Å². The predicted molar refractivity (Wildman–Crippen MR) is 124 cm³/mol. The van der Waals surface area contributed by atoms with Crippen LogP contribution < -0.4 is 5.73 Å². The molecule has 0 spiro atoms. The number of hydrogen-bond acceptors (Lipinski definition) is 4. The van der Waals surface area contributed by atoms with Crippen molar-refractivity contribution in [3.05, 3.63) is 83.6 Å². The zero-order valence-corrected chi connectivity index (χ0v) is 17.8. The number of nitrogens with two attached hydrogens (primary N) is 1. The minimum atomic E-state index is -0.0174. The first-order chi connectivity index (χ1) is 15.5. The van der Waals surface area contributed by atoms with E-state index >= 15 is 0 Å². The van der Waals surface area contributed by atoms with E-state index in [0.717, 1.165) is 34.6 Å². The largest absolute Gasteiger partial charge is 0.337 e. The van der Waals surface area contributed by atoms with E-state index in [1.807, 2.05) is 39.8 Å². The first kappa shape index (κ1) is 20.0. The van der Waals surface area contributed by atoms with Gasteiger partial charge in [0.1, 0.15) is 5.65 Å². The summed E-state index contributed by atoms with van der Waals surface area (Å²) in [5.41, 5.74) is 12.8. The molecule has 1 amide bonds. The van der Waals surface area contributed by atoms with Crippen LogP contribution >= 0.6 is 0 Å². The summed E-state index contributed by atoms with van der Waals surface area (Å²) in [4.78, 5) is 19.8. The summed E-state index contributed by atoms with van der Waals surface area (Å²) >= 11 is 0. The number of rotatable bonds is 3. The smallest absolute Gasteiger partial charge is 0.255 e. The molecule has 1 aliphatic rings. The van der Waals surface area contributed by atoms with E-state index in [2.05, 4.69) is 37.3 Å². The quantitative estimate of drug-likeness (QED) is 0.541. The lowest BCUT2D eigenvalue weighted by molar-refractivity contribution is 0.0790. The number of benzene rings is 2. The molecular weight excluding hydrogens is 398 g/mol. The molecule has 5 rings (SSSR count). The average molecular weight is 422 g/mol. The topological polar surface area (TPSA) is 87.4 Å². The number of imidazole rings is 1. The molecule has 0 aliphatic carbocycles. The number of hydrogen-bond donors (Lipinski definition) is 1. The zero-order chi connectivity index (χ0) is 22.2. The second-order valence-electron chi connectivity index (χ2n) is 8.31. The Balaban J connectivity index is 1.68. The summed E-state index contributed by atoms with van der Waals surface area (Å²) < 4.78 is 1.97. The number of fused-ring (bicyclic) bond motifs is 1. The molecule has 2 N–H and O–H groups in total. The van der Waals surface area contributed by atoms with Gasteiger partial charge in [-0.3, -0.25) is 9.20 Å². The van der Waals surface area contributed by atoms with Crippen molar-refractivity contribution < 1.29 is 4.79 Å². The molecule has 4 aromatic rings. The predicted octanol–water partition coefficient (Wildman–Crippen LogP) is 4.02. The van der Waals surface area contributed by atoms with Crippen molar-refractivity contribution in [3.63, 3.8) is 0 Å². The van der Waals surface area contributed by atoms with Gasteiger partial charge in [0.15, 0.2) is 0 Å². The number of pyridine rings is 1. The summed E-state index contributed by atoms with van der Waals surface area (Å²) in [6.45, 7) is 3.31. The maximum atomic E-state index is 13.1. The maximum absolute atomic E-state index is 13.1.